The molecule has 6 heterocycles. The third kappa shape index (κ3) is 15.2. The first-order valence-corrected chi connectivity index (χ1v) is 36.9. The van der Waals surface area contributed by atoms with Gasteiger partial charge >= 0.3 is 12.4 Å². The van der Waals surface area contributed by atoms with Crippen LogP contribution in [0.4, 0.5) is 52.2 Å². The van der Waals surface area contributed by atoms with Crippen LogP contribution < -0.4 is 37.2 Å². The Balaban J connectivity index is 0.000000160. The Morgan fingerprint density at radius 3 is 1.24 bits per heavy atom. The van der Waals surface area contributed by atoms with Gasteiger partial charge in [-0.2, -0.15) is 26.3 Å². The molecule has 0 spiro atoms. The number of nitrogens with one attached hydrogen (secondary N) is 1. The molecule has 23 nitrogen and oxygen atoms in total. The van der Waals surface area contributed by atoms with Gasteiger partial charge in [0.15, 0.2) is 17.2 Å². The first-order chi connectivity index (χ1) is 49.4. The SMILES string of the molecule is CN(c1c2c(c(O)c3ncccc13)C(=O)N(Cc1ccc(F)c(C(F)(F)F)c1)C2)S(C)(=O)=O.COc1ccc(COc2c3c(c(N(C)S(C)(=O)=O)c4cccnc24)CN(Cc2ccc(F)c(C(F)(F)F)c2)C3=O)cc1.COc1ccc(COc2c3c(c(N(C)S(C)(=O)=O)c4cccnc24)CNC3=O)cc1. The van der Waals surface area contributed by atoms with Crippen molar-refractivity contribution in [3.63, 3.8) is 0 Å². The Kier molecular flexibility index (Phi) is 20.6. The molecule has 3 aliphatic rings. The third-order valence-electron chi connectivity index (χ3n) is 17.6. The number of pyridine rings is 3. The summed E-state index contributed by atoms with van der Waals surface area (Å²) in [5.41, 5.74) is 1.57. The summed E-state index contributed by atoms with van der Waals surface area (Å²) in [5, 5.41) is 14.8. The zero-order valence-electron chi connectivity index (χ0n) is 56.8. The average Bonchev–Trinajstić information content (AvgIpc) is 1.63. The monoisotopic (exact) mass is 1510 g/mol. The number of benzene rings is 7. The predicted octanol–water partition coefficient (Wildman–Crippen LogP) is 11.6. The molecular weight excluding hydrogens is 1450 g/mol. The van der Waals surface area contributed by atoms with Crippen LogP contribution in [0.25, 0.3) is 32.7 Å². The largest absolute Gasteiger partial charge is 0.505 e. The number of anilines is 3. The Bertz CT molecular complexity index is 5510. The number of fused-ring (bicyclic) bond motifs is 6. The zero-order valence-corrected chi connectivity index (χ0v) is 59.3. The Hall–Kier alpha value is -11.1. The number of carbonyl (C=O) groups excluding carboxylic acids is 3. The fourth-order valence-electron chi connectivity index (χ4n) is 12.3. The maximum atomic E-state index is 13.9. The number of phenols is 1. The number of rotatable bonds is 18. The maximum absolute atomic E-state index is 13.9. The van der Waals surface area contributed by atoms with Gasteiger partial charge in [0.05, 0.1) is 77.9 Å². The summed E-state index contributed by atoms with van der Waals surface area (Å²) in [6.45, 7) is -0.456. The molecule has 0 saturated carbocycles. The molecule has 3 aromatic heterocycles. The Morgan fingerprint density at radius 2 is 0.848 bits per heavy atom. The van der Waals surface area contributed by atoms with Gasteiger partial charge in [-0.05, 0) is 107 Å². The van der Waals surface area contributed by atoms with Crippen LogP contribution in [0, 0.1) is 11.6 Å². The minimum absolute atomic E-state index is 0.0121. The number of hydrogen-bond donors (Lipinski definition) is 2. The molecule has 3 aliphatic heterocycles. The molecule has 550 valence electrons. The van der Waals surface area contributed by atoms with E-state index >= 15 is 0 Å². The lowest BCUT2D eigenvalue weighted by atomic mass is 10.0. The van der Waals surface area contributed by atoms with E-state index in [0.29, 0.717) is 74.4 Å². The number of nitrogens with zero attached hydrogens (tertiary/aromatic N) is 8. The van der Waals surface area contributed by atoms with Crippen molar-refractivity contribution < 1.29 is 98.8 Å². The number of sulfonamides is 3. The van der Waals surface area contributed by atoms with Gasteiger partial charge < -0.3 is 39.2 Å². The molecule has 0 atom stereocenters. The molecule has 7 aromatic carbocycles. The topological polar surface area (TPSA) is 278 Å². The van der Waals surface area contributed by atoms with Gasteiger partial charge in [-0.25, -0.2) is 34.0 Å². The third-order valence-corrected chi connectivity index (χ3v) is 21.1. The summed E-state index contributed by atoms with van der Waals surface area (Å²) in [6, 6.07) is 29.3. The molecule has 10 aromatic rings. The van der Waals surface area contributed by atoms with Crippen molar-refractivity contribution in [1.82, 2.24) is 30.1 Å². The molecule has 0 fully saturated rings. The maximum Gasteiger partial charge on any atom is 0.419 e. The van der Waals surface area contributed by atoms with Gasteiger partial charge in [0.2, 0.25) is 30.1 Å². The molecule has 13 rings (SSSR count). The van der Waals surface area contributed by atoms with Crippen molar-refractivity contribution in [2.75, 3.05) is 67.0 Å². The van der Waals surface area contributed by atoms with Crippen molar-refractivity contribution in [1.29, 1.82) is 0 Å². The van der Waals surface area contributed by atoms with E-state index in [9.17, 15) is 79.9 Å². The van der Waals surface area contributed by atoms with E-state index in [1.54, 1.807) is 74.0 Å². The fourth-order valence-corrected chi connectivity index (χ4v) is 13.9. The number of amides is 3. The van der Waals surface area contributed by atoms with Crippen LogP contribution in [0.5, 0.6) is 28.7 Å². The van der Waals surface area contributed by atoms with Gasteiger partial charge in [-0.3, -0.25) is 42.3 Å². The highest BCUT2D eigenvalue weighted by Crippen LogP contribution is 2.49. The Morgan fingerprint density at radius 1 is 0.495 bits per heavy atom. The molecule has 105 heavy (non-hydrogen) atoms. The van der Waals surface area contributed by atoms with E-state index in [0.717, 1.165) is 55.2 Å². The number of ether oxygens (including phenoxy) is 4. The molecule has 2 N–H and O–H groups in total. The van der Waals surface area contributed by atoms with Crippen molar-refractivity contribution in [3.8, 4) is 28.7 Å². The second kappa shape index (κ2) is 28.8. The van der Waals surface area contributed by atoms with Crippen LogP contribution >= 0.6 is 0 Å². The normalized spacial score (nSPS) is 13.5. The molecule has 0 saturated heterocycles. The molecule has 0 bridgehead atoms. The summed E-state index contributed by atoms with van der Waals surface area (Å²) >= 11 is 0. The molecule has 0 unspecified atom stereocenters. The summed E-state index contributed by atoms with van der Waals surface area (Å²) in [6.07, 6.45) is -2.28. The van der Waals surface area contributed by atoms with Crippen molar-refractivity contribution in [2.24, 2.45) is 0 Å². The number of aromatic hydroxyl groups is 1. The summed E-state index contributed by atoms with van der Waals surface area (Å²) in [5.74, 6) is -3.10. The van der Waals surface area contributed by atoms with Crippen LogP contribution in [-0.2, 0) is 88.4 Å². The smallest absolute Gasteiger partial charge is 0.419 e. The van der Waals surface area contributed by atoms with E-state index in [1.807, 2.05) is 24.3 Å². The lowest BCUT2D eigenvalue weighted by Gasteiger charge is -2.23. The number of halogens is 8. The van der Waals surface area contributed by atoms with Gasteiger partial charge in [-0.1, -0.05) is 36.4 Å². The van der Waals surface area contributed by atoms with Gasteiger partial charge in [-0.15, -0.1) is 0 Å². The number of aromatic nitrogens is 3. The second-order valence-corrected chi connectivity index (χ2v) is 30.4. The quantitative estimate of drug-likeness (QED) is 0.0755. The zero-order chi connectivity index (χ0) is 76.2. The van der Waals surface area contributed by atoms with Crippen LogP contribution in [0.1, 0.15) is 81.1 Å². The second-order valence-electron chi connectivity index (χ2n) is 24.4. The summed E-state index contributed by atoms with van der Waals surface area (Å²) in [7, 11) is -3.89. The van der Waals surface area contributed by atoms with E-state index in [-0.39, 0.29) is 113 Å². The highest BCUT2D eigenvalue weighted by Gasteiger charge is 2.42. The highest BCUT2D eigenvalue weighted by molar-refractivity contribution is 7.92. The van der Waals surface area contributed by atoms with Crippen LogP contribution in [0.2, 0.25) is 0 Å². The van der Waals surface area contributed by atoms with Crippen LogP contribution in [-0.4, -0.2) is 127 Å². The van der Waals surface area contributed by atoms with Gasteiger partial charge in [0, 0.05) is 105 Å². The predicted molar refractivity (Wildman–Crippen MR) is 372 cm³/mol. The van der Waals surface area contributed by atoms with Crippen molar-refractivity contribution in [2.45, 2.75) is 58.3 Å². The number of alkyl halides is 6. The van der Waals surface area contributed by atoms with E-state index in [2.05, 4.69) is 20.3 Å². The average molecular weight is 1510 g/mol. The number of methoxy groups -OCH3 is 2. The lowest BCUT2D eigenvalue weighted by Crippen LogP contribution is -2.26. The van der Waals surface area contributed by atoms with E-state index in [4.69, 9.17) is 18.9 Å². The van der Waals surface area contributed by atoms with Crippen LogP contribution in [0.15, 0.2) is 140 Å². The number of carbonyl (C=O) groups is 3. The highest BCUT2D eigenvalue weighted by atomic mass is 32.2. The first-order valence-electron chi connectivity index (χ1n) is 31.3. The minimum atomic E-state index is -4.92. The lowest BCUT2D eigenvalue weighted by molar-refractivity contribution is -0.140. The standard InChI is InChI=1S/C29H25F4N3O5S.C21H17F4N3O4S.C21H21N3O5S/c1-35(42(3,38)39)26-20-5-4-12-34-25(20)27(41-16-17-6-9-19(40-2)10-7-17)24-21(26)15-36(28(24)37)14-18-8-11-23(30)22(13-18)29(31,32)33;1-27(33(2,31)32)18-12-4-3-7-26-17(12)19(29)16-13(18)10-28(20(16)30)9-11-5-6-15(22)14(8-11)21(23,24)25;1-24(30(3,26)27)19-15-5-4-10-22-18(15)20(17-16(19)11-23-21(17)25)29-12-13-6-8-14(28-2)9-7-13/h4-13H,14-16H2,1-3H3;3-8,29H,9-10H2,1-2H3;4-10H,11-12H2,1-3H3,(H,23,25). The first kappa shape index (κ1) is 75.0. The van der Waals surface area contributed by atoms with Gasteiger partial charge in [0.1, 0.15) is 52.9 Å². The van der Waals surface area contributed by atoms with E-state index in [1.165, 1.54) is 55.9 Å². The minimum Gasteiger partial charge on any atom is -0.505 e. The molecule has 0 aliphatic carbocycles. The summed E-state index contributed by atoms with van der Waals surface area (Å²) < 4.78 is 207. The molecule has 3 amide bonds. The fraction of sp³-hybridized carbons (Fsp3) is 0.239. The molecule has 0 radical (unpaired) electrons. The summed E-state index contributed by atoms with van der Waals surface area (Å²) in [4.78, 5) is 54.9. The van der Waals surface area contributed by atoms with Gasteiger partial charge in [0.25, 0.3) is 17.7 Å². The number of phenolic OH excluding ortho intramolecular Hbond substituents is 1. The molecule has 34 heteroatoms. The van der Waals surface area contributed by atoms with Crippen molar-refractivity contribution >= 4 is 97.6 Å². The van der Waals surface area contributed by atoms with E-state index < -0.39 is 82.7 Å². The van der Waals surface area contributed by atoms with Crippen molar-refractivity contribution in [3.05, 3.63) is 218 Å². The number of hydrogen-bond acceptors (Lipinski definition) is 17. The Labute approximate surface area is 595 Å². The van der Waals surface area contributed by atoms with Crippen LogP contribution in [0.3, 0.4) is 0 Å². The molecular formula is C71H63F8N9O14S3.